The number of carbonyl (C=O) groups excluding carboxylic acids is 1. The van der Waals surface area contributed by atoms with Gasteiger partial charge in [0.1, 0.15) is 0 Å². The van der Waals surface area contributed by atoms with Crippen molar-refractivity contribution in [3.8, 4) is 0 Å². The van der Waals surface area contributed by atoms with Crippen LogP contribution in [0.3, 0.4) is 0 Å². The minimum atomic E-state index is -0.747. The van der Waals surface area contributed by atoms with Crippen LogP contribution < -0.4 is 4.90 Å². The molecule has 0 saturated carbocycles. The van der Waals surface area contributed by atoms with Gasteiger partial charge in [-0.3, -0.25) is 14.9 Å². The largest absolute Gasteiger partial charge is 0.305 e. The smallest absolute Gasteiger partial charge is 0.235 e. The number of para-hydroxylation sites is 1. The molecule has 1 aliphatic heterocycles. The first-order valence-corrected chi connectivity index (χ1v) is 7.21. The minimum Gasteiger partial charge on any atom is -0.305 e. The average molecular weight is 296 g/mol. The molecule has 1 saturated heterocycles. The summed E-state index contributed by atoms with van der Waals surface area (Å²) in [5.74, 6) is -0.541. The third-order valence-corrected chi connectivity index (χ3v) is 4.03. The molecule has 2 atom stereocenters. The molecule has 2 unspecified atom stereocenters. The van der Waals surface area contributed by atoms with E-state index in [0.717, 1.165) is 5.56 Å². The molecule has 2 aromatic carbocycles. The van der Waals surface area contributed by atoms with E-state index in [0.29, 0.717) is 5.69 Å². The van der Waals surface area contributed by atoms with Crippen LogP contribution in [0.5, 0.6) is 0 Å². The van der Waals surface area contributed by atoms with Gasteiger partial charge in [-0.05, 0) is 17.7 Å². The maximum Gasteiger partial charge on any atom is 0.235 e. The summed E-state index contributed by atoms with van der Waals surface area (Å²) in [5.41, 5.74) is 1.54. The van der Waals surface area contributed by atoms with Crippen molar-refractivity contribution in [2.45, 2.75) is 18.4 Å². The van der Waals surface area contributed by atoms with Crippen molar-refractivity contribution in [3.63, 3.8) is 0 Å². The van der Waals surface area contributed by atoms with Crippen molar-refractivity contribution in [2.75, 3.05) is 11.4 Å². The molecule has 0 bridgehead atoms. The molecule has 0 spiro atoms. The van der Waals surface area contributed by atoms with Gasteiger partial charge in [0.15, 0.2) is 0 Å². The molecule has 0 N–H and O–H groups in total. The minimum absolute atomic E-state index is 0.0736. The Hall–Kier alpha value is -2.69. The van der Waals surface area contributed by atoms with Crippen molar-refractivity contribution in [2.24, 2.45) is 0 Å². The number of hydrogen-bond donors (Lipinski definition) is 0. The fourth-order valence-corrected chi connectivity index (χ4v) is 2.89. The number of amides is 1. The average Bonchev–Trinajstić information content (AvgIpc) is 2.56. The Morgan fingerprint density at radius 2 is 1.59 bits per heavy atom. The maximum absolute atomic E-state index is 12.8. The van der Waals surface area contributed by atoms with Crippen molar-refractivity contribution in [3.05, 3.63) is 76.3 Å². The molecule has 1 amide bonds. The highest BCUT2D eigenvalue weighted by Gasteiger charge is 2.41. The molecular formula is C17H16N2O3. The van der Waals surface area contributed by atoms with Gasteiger partial charge < -0.3 is 4.90 Å². The Bertz CT molecular complexity index is 621. The molecule has 1 fully saturated rings. The zero-order chi connectivity index (χ0) is 15.5. The highest BCUT2D eigenvalue weighted by molar-refractivity contribution is 5.99. The van der Waals surface area contributed by atoms with Gasteiger partial charge in [0.25, 0.3) is 0 Å². The first-order valence-electron chi connectivity index (χ1n) is 7.21. The van der Waals surface area contributed by atoms with Crippen LogP contribution in [-0.2, 0) is 4.79 Å². The number of nitro groups is 1. The van der Waals surface area contributed by atoms with E-state index >= 15 is 0 Å². The zero-order valence-electron chi connectivity index (χ0n) is 12.0. The Kier molecular flexibility index (Phi) is 3.87. The molecule has 1 heterocycles. The summed E-state index contributed by atoms with van der Waals surface area (Å²) >= 11 is 0. The van der Waals surface area contributed by atoms with Gasteiger partial charge in [0.2, 0.25) is 11.9 Å². The molecule has 22 heavy (non-hydrogen) atoms. The topological polar surface area (TPSA) is 63.4 Å². The van der Waals surface area contributed by atoms with Crippen LogP contribution in [0.15, 0.2) is 60.7 Å². The van der Waals surface area contributed by atoms with Crippen LogP contribution in [-0.4, -0.2) is 23.4 Å². The third-order valence-electron chi connectivity index (χ3n) is 4.03. The van der Waals surface area contributed by atoms with Crippen molar-refractivity contribution in [1.82, 2.24) is 0 Å². The Morgan fingerprint density at radius 3 is 2.18 bits per heavy atom. The van der Waals surface area contributed by atoms with E-state index in [1.165, 1.54) is 4.90 Å². The molecule has 0 aliphatic carbocycles. The van der Waals surface area contributed by atoms with E-state index in [9.17, 15) is 14.9 Å². The lowest BCUT2D eigenvalue weighted by Crippen LogP contribution is -2.49. The van der Waals surface area contributed by atoms with Crippen molar-refractivity contribution >= 4 is 11.6 Å². The molecule has 0 radical (unpaired) electrons. The lowest BCUT2D eigenvalue weighted by atomic mass is 9.87. The lowest BCUT2D eigenvalue weighted by Gasteiger charge is -2.33. The fraction of sp³-hybridized carbons (Fsp3) is 0.235. The van der Waals surface area contributed by atoms with Gasteiger partial charge in [0.05, 0.1) is 12.5 Å². The normalized spacial score (nSPS) is 21.6. The molecule has 2 aromatic rings. The van der Waals surface area contributed by atoms with Crippen LogP contribution in [0.4, 0.5) is 5.69 Å². The van der Waals surface area contributed by atoms with E-state index in [4.69, 9.17) is 0 Å². The van der Waals surface area contributed by atoms with E-state index in [-0.39, 0.29) is 23.8 Å². The summed E-state index contributed by atoms with van der Waals surface area (Å²) in [4.78, 5) is 25.3. The van der Waals surface area contributed by atoms with E-state index in [2.05, 4.69) is 0 Å². The number of hydrogen-bond acceptors (Lipinski definition) is 3. The number of piperidine rings is 1. The van der Waals surface area contributed by atoms with Crippen molar-refractivity contribution in [1.29, 1.82) is 0 Å². The summed E-state index contributed by atoms with van der Waals surface area (Å²) in [6, 6.07) is 17.7. The summed E-state index contributed by atoms with van der Waals surface area (Å²) in [6.07, 6.45) is 0.249. The van der Waals surface area contributed by atoms with Crippen LogP contribution >= 0.6 is 0 Å². The molecule has 112 valence electrons. The Morgan fingerprint density at radius 1 is 1.00 bits per heavy atom. The molecule has 5 heteroatoms. The molecule has 5 nitrogen and oxygen atoms in total. The fourth-order valence-electron chi connectivity index (χ4n) is 2.89. The van der Waals surface area contributed by atoms with E-state index in [1.54, 1.807) is 0 Å². The second kappa shape index (κ2) is 5.97. The van der Waals surface area contributed by atoms with Crippen molar-refractivity contribution < 1.29 is 9.72 Å². The number of rotatable bonds is 3. The number of benzene rings is 2. The predicted molar refractivity (Wildman–Crippen MR) is 83.4 cm³/mol. The number of anilines is 1. The second-order valence-electron chi connectivity index (χ2n) is 5.42. The summed E-state index contributed by atoms with van der Waals surface area (Å²) in [6.45, 7) is 0.124. The highest BCUT2D eigenvalue weighted by Crippen LogP contribution is 2.32. The van der Waals surface area contributed by atoms with Gasteiger partial charge in [0, 0.05) is 17.0 Å². The molecule has 3 rings (SSSR count). The molecular weight excluding hydrogens is 280 g/mol. The number of nitrogens with zero attached hydrogens (tertiary/aromatic N) is 2. The SMILES string of the molecule is O=C1C(c2ccccc2)CC([N+](=O)[O-])CN1c1ccccc1. The van der Waals surface area contributed by atoms with Gasteiger partial charge in [-0.2, -0.15) is 0 Å². The van der Waals surface area contributed by atoms with Gasteiger partial charge in [-0.1, -0.05) is 48.5 Å². The standard InChI is InChI=1S/C17H16N2O3/c20-17-16(13-7-3-1-4-8-13)11-15(19(21)22)12-18(17)14-9-5-2-6-10-14/h1-10,15-16H,11-12H2. The van der Waals surface area contributed by atoms with Crippen LogP contribution in [0.25, 0.3) is 0 Å². The third kappa shape index (κ3) is 2.70. The Balaban J connectivity index is 1.97. The predicted octanol–water partition coefficient (Wildman–Crippen LogP) is 2.85. The summed E-state index contributed by atoms with van der Waals surface area (Å²) in [7, 11) is 0. The van der Waals surface area contributed by atoms with Crippen LogP contribution in [0.2, 0.25) is 0 Å². The van der Waals surface area contributed by atoms with Crippen LogP contribution in [0, 0.1) is 10.1 Å². The quantitative estimate of drug-likeness (QED) is 0.646. The molecule has 1 aliphatic rings. The monoisotopic (exact) mass is 296 g/mol. The number of carbonyl (C=O) groups is 1. The van der Waals surface area contributed by atoms with Gasteiger partial charge in [-0.25, -0.2) is 0 Å². The van der Waals surface area contributed by atoms with E-state index in [1.807, 2.05) is 60.7 Å². The van der Waals surface area contributed by atoms with Crippen LogP contribution in [0.1, 0.15) is 17.9 Å². The first kappa shape index (κ1) is 14.3. The van der Waals surface area contributed by atoms with Gasteiger partial charge in [-0.15, -0.1) is 0 Å². The second-order valence-corrected chi connectivity index (χ2v) is 5.42. The van der Waals surface area contributed by atoms with Gasteiger partial charge >= 0.3 is 0 Å². The summed E-state index contributed by atoms with van der Waals surface area (Å²) < 4.78 is 0. The summed E-state index contributed by atoms with van der Waals surface area (Å²) in [5, 5.41) is 11.3. The Labute approximate surface area is 128 Å². The zero-order valence-corrected chi connectivity index (χ0v) is 12.0. The maximum atomic E-state index is 12.8. The molecule has 0 aromatic heterocycles. The highest BCUT2D eigenvalue weighted by atomic mass is 16.6. The lowest BCUT2D eigenvalue weighted by molar-refractivity contribution is -0.521. The van der Waals surface area contributed by atoms with E-state index < -0.39 is 12.0 Å². The first-order chi connectivity index (χ1) is 10.7.